The van der Waals surface area contributed by atoms with Gasteiger partial charge in [0.25, 0.3) is 0 Å². The van der Waals surface area contributed by atoms with Gasteiger partial charge in [-0.1, -0.05) is 29.3 Å². The van der Waals surface area contributed by atoms with Gasteiger partial charge >= 0.3 is 0 Å². The third-order valence-electron chi connectivity index (χ3n) is 2.49. The van der Waals surface area contributed by atoms with Crippen LogP contribution in [0.2, 0.25) is 10.0 Å². The van der Waals surface area contributed by atoms with Gasteiger partial charge in [-0.05, 0) is 40.2 Å². The Morgan fingerprint density at radius 2 is 1.95 bits per heavy atom. The first-order valence-electron chi connectivity index (χ1n) is 5.83. The lowest BCUT2D eigenvalue weighted by Crippen LogP contribution is -2.11. The van der Waals surface area contributed by atoms with Gasteiger partial charge in [-0.25, -0.2) is 4.39 Å². The Balaban J connectivity index is 1.86. The summed E-state index contributed by atoms with van der Waals surface area (Å²) in [5, 5.41) is 4.06. The van der Waals surface area contributed by atoms with Crippen molar-refractivity contribution in [3.8, 4) is 5.75 Å². The molecule has 0 atom stereocenters. The molecule has 0 saturated carbocycles. The molecule has 0 aliphatic rings. The van der Waals surface area contributed by atoms with E-state index in [2.05, 4.69) is 21.2 Å². The maximum Gasteiger partial charge on any atom is 0.139 e. The van der Waals surface area contributed by atoms with Crippen LogP contribution in [-0.2, 0) is 0 Å². The highest BCUT2D eigenvalue weighted by molar-refractivity contribution is 9.10. The van der Waals surface area contributed by atoms with Crippen LogP contribution in [0.4, 0.5) is 10.1 Å². The van der Waals surface area contributed by atoms with Crippen LogP contribution >= 0.6 is 39.1 Å². The Morgan fingerprint density at radius 3 is 2.70 bits per heavy atom. The zero-order valence-electron chi connectivity index (χ0n) is 10.3. The first-order valence-corrected chi connectivity index (χ1v) is 7.38. The number of ether oxygens (including phenoxy) is 1. The van der Waals surface area contributed by atoms with Crippen LogP contribution < -0.4 is 10.1 Å². The molecule has 0 amide bonds. The Morgan fingerprint density at radius 1 is 1.15 bits per heavy atom. The number of nitrogens with one attached hydrogen (secondary N) is 1. The van der Waals surface area contributed by atoms with Crippen molar-refractivity contribution in [1.29, 1.82) is 0 Å². The molecule has 0 spiro atoms. The number of hydrogen-bond acceptors (Lipinski definition) is 2. The summed E-state index contributed by atoms with van der Waals surface area (Å²) in [6.45, 7) is 0.904. The molecule has 0 heterocycles. The van der Waals surface area contributed by atoms with Gasteiger partial charge in [-0.15, -0.1) is 0 Å². The average molecular weight is 379 g/mol. The molecule has 1 N–H and O–H groups in total. The predicted octanol–water partition coefficient (Wildman–Crippen LogP) is 5.39. The van der Waals surface area contributed by atoms with Crippen LogP contribution in [0.5, 0.6) is 5.75 Å². The molecule has 0 aliphatic carbocycles. The summed E-state index contributed by atoms with van der Waals surface area (Å²) in [6.07, 6.45) is 0. The third kappa shape index (κ3) is 4.27. The van der Waals surface area contributed by atoms with Crippen molar-refractivity contribution >= 4 is 44.8 Å². The van der Waals surface area contributed by atoms with Crippen molar-refractivity contribution in [2.24, 2.45) is 0 Å². The number of hydrogen-bond donors (Lipinski definition) is 1. The SMILES string of the molecule is Fc1cccc(NCCOc2cc(Cl)c(Br)cc2Cl)c1. The molecular weight excluding hydrogens is 368 g/mol. The highest BCUT2D eigenvalue weighted by Gasteiger charge is 2.06. The quantitative estimate of drug-likeness (QED) is 0.556. The van der Waals surface area contributed by atoms with Crippen molar-refractivity contribution in [2.75, 3.05) is 18.5 Å². The molecule has 2 aromatic carbocycles. The summed E-state index contributed by atoms with van der Waals surface area (Å²) >= 11 is 15.3. The molecule has 2 aromatic rings. The molecule has 2 nitrogen and oxygen atoms in total. The minimum atomic E-state index is -0.279. The second-order valence-electron chi connectivity index (χ2n) is 3.98. The molecule has 20 heavy (non-hydrogen) atoms. The van der Waals surface area contributed by atoms with Gasteiger partial charge in [-0.2, -0.15) is 0 Å². The molecule has 0 aromatic heterocycles. The van der Waals surface area contributed by atoms with Crippen LogP contribution in [-0.4, -0.2) is 13.2 Å². The van der Waals surface area contributed by atoms with Crippen LogP contribution in [0.3, 0.4) is 0 Å². The fourth-order valence-electron chi connectivity index (χ4n) is 1.57. The van der Waals surface area contributed by atoms with Gasteiger partial charge in [0.15, 0.2) is 0 Å². The van der Waals surface area contributed by atoms with E-state index < -0.39 is 0 Å². The van der Waals surface area contributed by atoms with Crippen molar-refractivity contribution in [2.45, 2.75) is 0 Å². The van der Waals surface area contributed by atoms with E-state index in [0.29, 0.717) is 34.6 Å². The molecule has 0 aliphatic heterocycles. The molecule has 0 saturated heterocycles. The normalized spacial score (nSPS) is 10.4. The lowest BCUT2D eigenvalue weighted by atomic mass is 10.3. The summed E-state index contributed by atoms with van der Waals surface area (Å²) in [6, 6.07) is 9.57. The number of benzene rings is 2. The summed E-state index contributed by atoms with van der Waals surface area (Å²) in [7, 11) is 0. The van der Waals surface area contributed by atoms with Crippen molar-refractivity contribution in [1.82, 2.24) is 0 Å². The first-order chi connectivity index (χ1) is 9.56. The van der Waals surface area contributed by atoms with Gasteiger partial charge in [0, 0.05) is 22.8 Å². The zero-order valence-corrected chi connectivity index (χ0v) is 13.4. The Kier molecular flexibility index (Phi) is 5.52. The fourth-order valence-corrected chi connectivity index (χ4v) is 2.42. The van der Waals surface area contributed by atoms with Gasteiger partial charge in [-0.3, -0.25) is 0 Å². The molecule has 0 fully saturated rings. The number of halogens is 4. The minimum absolute atomic E-state index is 0.279. The van der Waals surface area contributed by atoms with Gasteiger partial charge in [0.2, 0.25) is 0 Å². The fraction of sp³-hybridized carbons (Fsp3) is 0.143. The van der Waals surface area contributed by atoms with E-state index in [1.165, 1.54) is 12.1 Å². The molecular formula is C14H11BrCl2FNO. The van der Waals surface area contributed by atoms with Gasteiger partial charge < -0.3 is 10.1 Å². The van der Waals surface area contributed by atoms with E-state index in [1.807, 2.05) is 0 Å². The Labute approximate surface area is 135 Å². The summed E-state index contributed by atoms with van der Waals surface area (Å²) in [4.78, 5) is 0. The monoisotopic (exact) mass is 377 g/mol. The van der Waals surface area contributed by atoms with Crippen LogP contribution in [0.25, 0.3) is 0 Å². The highest BCUT2D eigenvalue weighted by atomic mass is 79.9. The summed E-state index contributed by atoms with van der Waals surface area (Å²) in [5.74, 6) is 0.236. The Hall–Kier alpha value is -0.970. The number of anilines is 1. The molecule has 106 valence electrons. The predicted molar refractivity (Wildman–Crippen MR) is 84.5 cm³/mol. The molecule has 2 rings (SSSR count). The topological polar surface area (TPSA) is 21.3 Å². The third-order valence-corrected chi connectivity index (χ3v) is 3.98. The molecule has 6 heteroatoms. The van der Waals surface area contributed by atoms with Crippen molar-refractivity contribution in [3.63, 3.8) is 0 Å². The van der Waals surface area contributed by atoms with Gasteiger partial charge in [0.05, 0.1) is 10.0 Å². The summed E-state index contributed by atoms with van der Waals surface area (Å²) < 4.78 is 19.2. The van der Waals surface area contributed by atoms with Gasteiger partial charge in [0.1, 0.15) is 18.2 Å². The number of rotatable bonds is 5. The minimum Gasteiger partial charge on any atom is -0.490 e. The van der Waals surface area contributed by atoms with E-state index in [1.54, 1.807) is 24.3 Å². The summed E-state index contributed by atoms with van der Waals surface area (Å²) in [5.41, 5.74) is 0.702. The zero-order chi connectivity index (χ0) is 14.5. The van der Waals surface area contributed by atoms with Crippen LogP contribution in [0.1, 0.15) is 0 Å². The largest absolute Gasteiger partial charge is 0.490 e. The maximum absolute atomic E-state index is 13.0. The lowest BCUT2D eigenvalue weighted by Gasteiger charge is -2.11. The van der Waals surface area contributed by atoms with E-state index in [0.717, 1.165) is 4.47 Å². The lowest BCUT2D eigenvalue weighted by molar-refractivity contribution is 0.333. The molecule has 0 bridgehead atoms. The van der Waals surface area contributed by atoms with E-state index in [4.69, 9.17) is 27.9 Å². The highest BCUT2D eigenvalue weighted by Crippen LogP contribution is 2.33. The van der Waals surface area contributed by atoms with E-state index in [-0.39, 0.29) is 5.82 Å². The smallest absolute Gasteiger partial charge is 0.139 e. The maximum atomic E-state index is 13.0. The van der Waals surface area contributed by atoms with Crippen molar-refractivity contribution in [3.05, 3.63) is 56.7 Å². The Bertz CT molecular complexity index is 610. The molecule has 0 unspecified atom stereocenters. The van der Waals surface area contributed by atoms with Crippen LogP contribution in [0.15, 0.2) is 40.9 Å². The second kappa shape index (κ2) is 7.16. The first kappa shape index (κ1) is 15.4. The van der Waals surface area contributed by atoms with E-state index >= 15 is 0 Å². The van der Waals surface area contributed by atoms with E-state index in [9.17, 15) is 4.39 Å². The standard InChI is InChI=1S/C14H11BrCl2FNO/c15-11-7-13(17)14(8-12(11)16)20-5-4-19-10-3-1-2-9(18)6-10/h1-3,6-8,19H,4-5H2. The van der Waals surface area contributed by atoms with Crippen molar-refractivity contribution < 1.29 is 9.13 Å². The second-order valence-corrected chi connectivity index (χ2v) is 5.65. The average Bonchev–Trinajstić information content (AvgIpc) is 2.40. The molecule has 0 radical (unpaired) electrons. The van der Waals surface area contributed by atoms with Crippen LogP contribution in [0, 0.1) is 5.82 Å².